The lowest BCUT2D eigenvalue weighted by molar-refractivity contribution is -0.137. The molecule has 140 valence electrons. The van der Waals surface area contributed by atoms with Crippen molar-refractivity contribution in [3.63, 3.8) is 0 Å². The van der Waals surface area contributed by atoms with Gasteiger partial charge >= 0.3 is 6.18 Å². The molecule has 2 aromatic carbocycles. The van der Waals surface area contributed by atoms with E-state index in [1.807, 2.05) is 0 Å². The number of nitrogens with one attached hydrogen (secondary N) is 1. The number of carbonyl (C=O) groups is 3. The molecule has 0 saturated heterocycles. The second-order valence-corrected chi connectivity index (χ2v) is 6.03. The van der Waals surface area contributed by atoms with Gasteiger partial charge in [0.25, 0.3) is 11.8 Å². The van der Waals surface area contributed by atoms with Crippen molar-refractivity contribution in [1.29, 1.82) is 0 Å². The van der Waals surface area contributed by atoms with Gasteiger partial charge in [-0.05, 0) is 29.8 Å². The highest BCUT2D eigenvalue weighted by Gasteiger charge is 2.35. The molecule has 0 aromatic heterocycles. The van der Waals surface area contributed by atoms with Crippen molar-refractivity contribution in [3.8, 4) is 0 Å². The third-order valence-corrected chi connectivity index (χ3v) is 4.18. The summed E-state index contributed by atoms with van der Waals surface area (Å²) in [4.78, 5) is 37.3. The minimum absolute atomic E-state index is 0.0785. The van der Waals surface area contributed by atoms with Gasteiger partial charge in [0.05, 0.1) is 16.7 Å². The van der Waals surface area contributed by atoms with E-state index in [4.69, 9.17) is 0 Å². The minimum atomic E-state index is -4.45. The van der Waals surface area contributed by atoms with Crippen LogP contribution in [0.3, 0.4) is 0 Å². The number of rotatable bonds is 5. The molecule has 1 aliphatic heterocycles. The van der Waals surface area contributed by atoms with Crippen LogP contribution >= 0.6 is 0 Å². The summed E-state index contributed by atoms with van der Waals surface area (Å²) in [6.45, 7) is -0.175. The molecule has 0 bridgehead atoms. The van der Waals surface area contributed by atoms with E-state index >= 15 is 0 Å². The zero-order valence-corrected chi connectivity index (χ0v) is 14.0. The number of carbonyl (C=O) groups excluding carboxylic acids is 3. The third kappa shape index (κ3) is 3.99. The summed E-state index contributed by atoms with van der Waals surface area (Å²) in [7, 11) is 0. The molecule has 0 unspecified atom stereocenters. The van der Waals surface area contributed by atoms with Gasteiger partial charge in [0.2, 0.25) is 5.91 Å². The van der Waals surface area contributed by atoms with Crippen LogP contribution in [0.5, 0.6) is 0 Å². The number of nitrogens with zero attached hydrogens (tertiary/aromatic N) is 1. The van der Waals surface area contributed by atoms with E-state index in [1.54, 1.807) is 24.3 Å². The summed E-state index contributed by atoms with van der Waals surface area (Å²) in [6, 6.07) is 11.0. The lowest BCUT2D eigenvalue weighted by Gasteiger charge is -2.14. The number of fused-ring (bicyclic) bond motifs is 1. The van der Waals surface area contributed by atoms with Crippen molar-refractivity contribution in [2.45, 2.75) is 19.1 Å². The molecule has 27 heavy (non-hydrogen) atoms. The van der Waals surface area contributed by atoms with Crippen molar-refractivity contribution in [3.05, 3.63) is 70.8 Å². The summed E-state index contributed by atoms with van der Waals surface area (Å²) in [5, 5.41) is 2.50. The molecule has 0 spiro atoms. The van der Waals surface area contributed by atoms with Crippen molar-refractivity contribution < 1.29 is 27.6 Å². The van der Waals surface area contributed by atoms with Gasteiger partial charge in [-0.15, -0.1) is 0 Å². The van der Waals surface area contributed by atoms with Crippen LogP contribution in [-0.2, 0) is 17.5 Å². The molecule has 3 rings (SSSR count). The molecule has 0 atom stereocenters. The number of halogens is 3. The van der Waals surface area contributed by atoms with Gasteiger partial charge in [-0.25, -0.2) is 0 Å². The molecule has 0 radical (unpaired) electrons. The van der Waals surface area contributed by atoms with Crippen molar-refractivity contribution >= 4 is 17.7 Å². The van der Waals surface area contributed by atoms with E-state index in [9.17, 15) is 27.6 Å². The van der Waals surface area contributed by atoms with E-state index in [2.05, 4.69) is 5.32 Å². The van der Waals surface area contributed by atoms with E-state index in [-0.39, 0.29) is 19.5 Å². The molecule has 0 aliphatic carbocycles. The Bertz CT molecular complexity index is 874. The zero-order chi connectivity index (χ0) is 19.6. The highest BCUT2D eigenvalue weighted by molar-refractivity contribution is 6.21. The third-order valence-electron chi connectivity index (χ3n) is 4.18. The molecule has 8 heteroatoms. The zero-order valence-electron chi connectivity index (χ0n) is 14.0. The van der Waals surface area contributed by atoms with Crippen molar-refractivity contribution in [2.75, 3.05) is 6.54 Å². The fourth-order valence-corrected chi connectivity index (χ4v) is 2.80. The van der Waals surface area contributed by atoms with Gasteiger partial charge in [0.15, 0.2) is 0 Å². The first-order valence-electron chi connectivity index (χ1n) is 8.15. The van der Waals surface area contributed by atoms with Gasteiger partial charge in [-0.1, -0.05) is 24.3 Å². The lowest BCUT2D eigenvalue weighted by atomic mass is 10.1. The Labute approximate surface area is 152 Å². The Morgan fingerprint density at radius 2 is 1.59 bits per heavy atom. The van der Waals surface area contributed by atoms with Crippen LogP contribution in [0.4, 0.5) is 13.2 Å². The number of hydrogen-bond donors (Lipinski definition) is 1. The van der Waals surface area contributed by atoms with E-state index in [1.165, 1.54) is 12.1 Å². The summed E-state index contributed by atoms with van der Waals surface area (Å²) in [5.74, 6) is -1.38. The standard InChI is InChI=1S/C19H15F3N2O3/c20-19(21,22)13-5-3-4-12(10-13)11-23-16(25)8-9-24-17(26)14-6-1-2-7-15(14)18(24)27/h1-7,10H,8-9,11H2,(H,23,25). The van der Waals surface area contributed by atoms with Crippen molar-refractivity contribution in [1.82, 2.24) is 10.2 Å². The maximum absolute atomic E-state index is 12.7. The molecule has 0 saturated carbocycles. The van der Waals surface area contributed by atoms with Crippen LogP contribution in [0.25, 0.3) is 0 Å². The molecule has 3 amide bonds. The van der Waals surface area contributed by atoms with Crippen LogP contribution in [0.1, 0.15) is 38.3 Å². The fourth-order valence-electron chi connectivity index (χ4n) is 2.80. The van der Waals surface area contributed by atoms with Crippen LogP contribution in [0, 0.1) is 0 Å². The van der Waals surface area contributed by atoms with Crippen LogP contribution in [-0.4, -0.2) is 29.2 Å². The molecule has 0 fully saturated rings. The SMILES string of the molecule is O=C(CCN1C(=O)c2ccccc2C1=O)NCc1cccc(C(F)(F)F)c1. The Hall–Kier alpha value is -3.16. The predicted molar refractivity (Wildman–Crippen MR) is 89.7 cm³/mol. The normalized spacial score (nSPS) is 13.7. The first kappa shape index (κ1) is 18.6. The fraction of sp³-hybridized carbons (Fsp3) is 0.211. The monoisotopic (exact) mass is 376 g/mol. The second-order valence-electron chi connectivity index (χ2n) is 6.03. The van der Waals surface area contributed by atoms with Gasteiger partial charge < -0.3 is 5.32 Å². The topological polar surface area (TPSA) is 66.5 Å². The summed E-state index contributed by atoms with van der Waals surface area (Å²) in [5.41, 5.74) is 0.109. The van der Waals surface area contributed by atoms with E-state index < -0.39 is 29.5 Å². The lowest BCUT2D eigenvalue weighted by Crippen LogP contribution is -2.34. The van der Waals surface area contributed by atoms with Crippen molar-refractivity contribution in [2.24, 2.45) is 0 Å². The maximum atomic E-state index is 12.7. The number of imide groups is 1. The predicted octanol–water partition coefficient (Wildman–Crippen LogP) is 3.01. The summed E-state index contributed by atoms with van der Waals surface area (Å²) >= 11 is 0. The highest BCUT2D eigenvalue weighted by atomic mass is 19.4. The number of alkyl halides is 3. The maximum Gasteiger partial charge on any atom is 0.416 e. The van der Waals surface area contributed by atoms with Crippen LogP contribution in [0.2, 0.25) is 0 Å². The molecule has 1 heterocycles. The van der Waals surface area contributed by atoms with Gasteiger partial charge in [-0.3, -0.25) is 19.3 Å². The molecular formula is C19H15F3N2O3. The van der Waals surface area contributed by atoms with Crippen LogP contribution in [0.15, 0.2) is 48.5 Å². The molecule has 2 aromatic rings. The molecular weight excluding hydrogens is 361 g/mol. The first-order chi connectivity index (χ1) is 12.8. The number of amides is 3. The van der Waals surface area contributed by atoms with Gasteiger partial charge in [0, 0.05) is 19.5 Å². The second kappa shape index (κ2) is 7.22. The molecule has 1 N–H and O–H groups in total. The number of hydrogen-bond acceptors (Lipinski definition) is 3. The van der Waals surface area contributed by atoms with E-state index in [0.717, 1.165) is 17.0 Å². The molecule has 5 nitrogen and oxygen atoms in total. The largest absolute Gasteiger partial charge is 0.416 e. The summed E-state index contributed by atoms with van der Waals surface area (Å²) in [6.07, 6.45) is -4.59. The quantitative estimate of drug-likeness (QED) is 0.816. The average Bonchev–Trinajstić information content (AvgIpc) is 2.89. The summed E-state index contributed by atoms with van der Waals surface area (Å²) < 4.78 is 38.1. The smallest absolute Gasteiger partial charge is 0.352 e. The Morgan fingerprint density at radius 1 is 0.963 bits per heavy atom. The minimum Gasteiger partial charge on any atom is -0.352 e. The Morgan fingerprint density at radius 3 is 2.19 bits per heavy atom. The van der Waals surface area contributed by atoms with Gasteiger partial charge in [-0.2, -0.15) is 13.2 Å². The number of benzene rings is 2. The van der Waals surface area contributed by atoms with Crippen LogP contribution < -0.4 is 5.32 Å². The van der Waals surface area contributed by atoms with E-state index in [0.29, 0.717) is 16.7 Å². The Kier molecular flexibility index (Phi) is 4.98. The Balaban J connectivity index is 1.54. The average molecular weight is 376 g/mol. The first-order valence-corrected chi connectivity index (χ1v) is 8.15. The molecule has 1 aliphatic rings. The highest BCUT2D eigenvalue weighted by Crippen LogP contribution is 2.29. The van der Waals surface area contributed by atoms with Gasteiger partial charge in [0.1, 0.15) is 0 Å².